The van der Waals surface area contributed by atoms with Crippen LogP contribution in [-0.4, -0.2) is 303 Å². The Morgan fingerprint density at radius 1 is 0.524 bits per heavy atom. The predicted octanol–water partition coefficient (Wildman–Crippen LogP) is 6.77. The third kappa shape index (κ3) is 51.4. The van der Waals surface area contributed by atoms with Crippen LogP contribution >= 0.6 is 0 Å². The van der Waals surface area contributed by atoms with E-state index in [0.29, 0.717) is 76.5 Å². The van der Waals surface area contributed by atoms with Crippen LogP contribution in [0.4, 0.5) is 8.78 Å². The molecular formula is C75H127B15BrF2MgN4O7. The van der Waals surface area contributed by atoms with Crippen LogP contribution in [0.5, 0.6) is 5.75 Å². The van der Waals surface area contributed by atoms with E-state index in [9.17, 15) is 15.0 Å². The molecule has 7 atom stereocenters. The van der Waals surface area contributed by atoms with Crippen LogP contribution in [0, 0.1) is 50.5 Å². The van der Waals surface area contributed by atoms with Gasteiger partial charge in [-0.25, -0.2) is 8.78 Å². The van der Waals surface area contributed by atoms with Gasteiger partial charge in [0.1, 0.15) is 22.9 Å². The Kier molecular flexibility index (Phi) is 70.8. The van der Waals surface area contributed by atoms with Crippen molar-refractivity contribution in [2.75, 3.05) is 109 Å². The number of Topliss-reactive ketones (excluding diaryl/α,β-unsaturated/α-hetero) is 1. The molecule has 4 saturated heterocycles. The van der Waals surface area contributed by atoms with E-state index in [0.717, 1.165) is 36.8 Å². The number of ketones is 1. The van der Waals surface area contributed by atoms with E-state index in [1.165, 1.54) is 24.3 Å². The molecule has 4 aromatic rings. The summed E-state index contributed by atoms with van der Waals surface area (Å²) < 4.78 is 54.9. The third-order valence-corrected chi connectivity index (χ3v) is 15.6. The van der Waals surface area contributed by atoms with Crippen LogP contribution in [0.15, 0.2) is 97.1 Å². The van der Waals surface area contributed by atoms with Crippen molar-refractivity contribution in [1.29, 1.82) is 0 Å². The first-order valence-electron chi connectivity index (χ1n) is 36.0. The summed E-state index contributed by atoms with van der Waals surface area (Å²) in [4.78, 5) is 19.8. The van der Waals surface area contributed by atoms with Crippen molar-refractivity contribution in [3.8, 4) is 5.75 Å². The molecule has 4 heterocycles. The molecule has 11 nitrogen and oxygen atoms in total. The van der Waals surface area contributed by atoms with Crippen molar-refractivity contribution < 1.29 is 59.7 Å². The van der Waals surface area contributed by atoms with Crippen molar-refractivity contribution in [2.24, 2.45) is 23.7 Å². The quantitative estimate of drug-likeness (QED) is 0.116. The number of rotatable bonds is 12. The Hall–Kier alpha value is -1.93. The molecule has 0 bridgehead atoms. The number of aliphatic hydroxyl groups is 1. The summed E-state index contributed by atoms with van der Waals surface area (Å²) in [5, 5.41) is 21.1. The number of phenols is 1. The Labute approximate surface area is 687 Å². The van der Waals surface area contributed by atoms with Gasteiger partial charge in [-0.3, -0.25) is 4.79 Å². The van der Waals surface area contributed by atoms with E-state index in [1.807, 2.05) is 230 Å². The second-order valence-electron chi connectivity index (χ2n) is 28.4. The minimum absolute atomic E-state index is 0. The molecule has 0 saturated carbocycles. The van der Waals surface area contributed by atoms with Crippen LogP contribution < -0.4 is 17.0 Å². The maximum absolute atomic E-state index is 15.9. The summed E-state index contributed by atoms with van der Waals surface area (Å²) in [6, 6.07) is 33.5. The van der Waals surface area contributed by atoms with Crippen LogP contribution in [0.3, 0.4) is 0 Å². The number of hydrogen-bond acceptors (Lipinski definition) is 11. The summed E-state index contributed by atoms with van der Waals surface area (Å²) in [5.74, 6) is 0.229. The molecule has 6 unspecified atom stereocenters. The zero-order valence-corrected chi connectivity index (χ0v) is 73.3. The van der Waals surface area contributed by atoms with Crippen LogP contribution in [0.2, 0.25) is 0 Å². The summed E-state index contributed by atoms with van der Waals surface area (Å²) in [6.07, 6.45) is 0.743. The number of nitrogens with zero attached hydrogens (tertiary/aromatic N) is 4. The number of ether oxygens (including phenoxy) is 4. The summed E-state index contributed by atoms with van der Waals surface area (Å²) >= 11 is 0. The monoisotopic (exact) mass is 1500 g/mol. The first-order valence-corrected chi connectivity index (χ1v) is 36.0. The smallest absolute Gasteiger partial charge is 1.00 e. The minimum Gasteiger partial charge on any atom is -1.00 e. The predicted molar refractivity (Wildman–Crippen MR) is 459 cm³/mol. The van der Waals surface area contributed by atoms with E-state index >= 15 is 8.78 Å². The van der Waals surface area contributed by atoms with Crippen LogP contribution in [0.25, 0.3) is 0 Å². The fourth-order valence-corrected chi connectivity index (χ4v) is 11.5. The van der Waals surface area contributed by atoms with Crippen LogP contribution in [0.1, 0.15) is 170 Å². The molecule has 0 spiro atoms. The number of aryl methyl sites for hydroxylation is 3. The summed E-state index contributed by atoms with van der Waals surface area (Å²) in [6.45, 7) is 42.9. The molecular weight excluding hydrogens is 1370 g/mol. The Bertz CT molecular complexity index is 2530. The number of halogens is 3. The number of phenolic OH excluding ortho intramolecular Hbond substituents is 1. The molecule has 25 radical (unpaired) electrons. The van der Waals surface area contributed by atoms with Gasteiger partial charge < -0.3 is 65.7 Å². The van der Waals surface area contributed by atoms with Gasteiger partial charge in [-0.15, -0.1) is 0 Å². The Balaban J connectivity index is -0.000000177. The van der Waals surface area contributed by atoms with E-state index in [4.69, 9.17) is 42.2 Å². The van der Waals surface area contributed by atoms with Gasteiger partial charge in [0.25, 0.3) is 0 Å². The van der Waals surface area contributed by atoms with E-state index in [-0.39, 0.29) is 89.1 Å². The number of alkyl halides is 2. The maximum atomic E-state index is 15.9. The fourth-order valence-electron chi connectivity index (χ4n) is 11.5. The number of benzene rings is 4. The maximum Gasteiger partial charge on any atom is 2.00 e. The van der Waals surface area contributed by atoms with Gasteiger partial charge in [0.15, 0.2) is 0 Å². The molecule has 4 fully saturated rings. The van der Waals surface area contributed by atoms with Crippen molar-refractivity contribution in [2.45, 2.75) is 197 Å². The molecule has 557 valence electrons. The zero-order chi connectivity index (χ0) is 80.6. The summed E-state index contributed by atoms with van der Waals surface area (Å²) in [5.41, 5.74) is 0.827. The Morgan fingerprint density at radius 3 is 1.15 bits per heavy atom. The fraction of sp³-hybridized carbons (Fsp3) is 0.667. The van der Waals surface area contributed by atoms with Gasteiger partial charge in [-0.1, -0.05) is 134 Å². The molecule has 0 amide bonds. The number of carbonyl (C=O) groups excluding carboxylic acids is 1. The zero-order valence-electron chi connectivity index (χ0n) is 70.3. The van der Waals surface area contributed by atoms with E-state index < -0.39 is 40.9 Å². The summed E-state index contributed by atoms with van der Waals surface area (Å²) in [7, 11) is 63.7. The van der Waals surface area contributed by atoms with Gasteiger partial charge in [0.05, 0.1) is 60.4 Å². The van der Waals surface area contributed by atoms with Gasteiger partial charge in [0.2, 0.25) is 0 Å². The van der Waals surface area contributed by atoms with Crippen molar-refractivity contribution in [1.82, 2.24) is 19.6 Å². The molecule has 2 N–H and O–H groups in total. The average molecular weight is 1500 g/mol. The third-order valence-electron chi connectivity index (χ3n) is 15.6. The van der Waals surface area contributed by atoms with Crippen LogP contribution in [-0.2, 0) is 40.7 Å². The number of hydrogen-bond donors (Lipinski definition) is 2. The van der Waals surface area contributed by atoms with Gasteiger partial charge in [0, 0.05) is 182 Å². The topological polar surface area (TPSA) is 107 Å². The minimum atomic E-state index is -1.48. The molecule has 0 aliphatic carbocycles. The van der Waals surface area contributed by atoms with Gasteiger partial charge in [-0.05, 0) is 154 Å². The molecule has 105 heavy (non-hydrogen) atoms. The molecule has 8 rings (SSSR count). The first kappa shape index (κ1) is 119. The standard InChI is InChI=1S/C17H26FNO.C17H27NO2.C16H24FNO2.C10H19NO2.C7H7.4C2H6.B5.B4.B3.B2.B.BrH.Mg/c1-13-7-6-8-14(9-13)17(18)12-16(2,3)20-11-15(17)10-19(4)5;1-13-7-6-8-14(9-13)17(19)12-16(2,3)20-11-15(17)10-18(4)5;1-15(2)11-16(17,12-6-5-7-14(19)8-12)13(10-20-15)9-18(3)4;1-10(2)5-9(12)8(7-13-10)6-11(3)4;1-7-5-3-2-4-6-7;4*1-2;1-4-5(2)3;1-4(2)3;1-3-2;1-2;;;/h6-9,15H,10-12H2,1-5H3;6-9,15,19H,10-12H2,1-5H3;5-8,13,19H,9-11H2,1-4H3;8H,5-7H2,1-4H3;2-3,5-6H,1H3;4*1-2H3;;;;;;1H;/q;;;;-1;;;;;;;;;;;+2/p-1/t;;;8-;;;;;;;;;;;;/m...1............/s1. The molecule has 30 heteroatoms. The van der Waals surface area contributed by atoms with E-state index in [2.05, 4.69) is 111 Å². The average Bonchev–Trinajstić information content (AvgIpc) is 0.786. The first-order chi connectivity index (χ1) is 47.4. The SMILES string of the molecule is CC.CC.CC.CC.CN(C)CC1COC(C)(C)CC1(F)c1cccc(O)c1.CN(C)C[C@@H]1COC(C)(C)CC1=O.Cc1c[c-]ccc1.Cc1cccc(C2(F)CC(C)(C)OCC2CN(C)C)c1.Cc1cccc(C2(O)CC(C)(C)OCC2CN(C)C)c1.[B].[B]B([B])[B].[B][B].[B][B]B([B])[B].[B][B][B].[Br-].[Mg+2]. The number of carbonyl (C=O) groups is 1. The van der Waals surface area contributed by atoms with Gasteiger partial charge >= 0.3 is 23.1 Å². The van der Waals surface area contributed by atoms with Crippen molar-refractivity contribution in [3.63, 3.8) is 0 Å². The van der Waals surface area contributed by atoms with Crippen molar-refractivity contribution >= 4 is 142 Å². The largest absolute Gasteiger partial charge is 2.00 e. The van der Waals surface area contributed by atoms with Gasteiger partial charge in [-0.2, -0.15) is 35.9 Å². The molecule has 0 aromatic heterocycles. The molecule has 4 aliphatic heterocycles. The second-order valence-corrected chi connectivity index (χ2v) is 28.4. The Morgan fingerprint density at radius 2 is 0.838 bits per heavy atom. The van der Waals surface area contributed by atoms with Crippen molar-refractivity contribution in [3.05, 3.63) is 137 Å². The second kappa shape index (κ2) is 62.6. The van der Waals surface area contributed by atoms with E-state index in [1.54, 1.807) is 18.2 Å². The number of aromatic hydroxyl groups is 1. The molecule has 4 aliphatic rings. The molecule has 4 aromatic carbocycles. The normalized spacial score (nSPS) is 21.9.